The summed E-state index contributed by atoms with van der Waals surface area (Å²) in [5, 5.41) is 18.5. The molecule has 0 amide bonds. The van der Waals surface area contributed by atoms with E-state index < -0.39 is 17.9 Å². The zero-order valence-corrected chi connectivity index (χ0v) is 10.6. The van der Waals surface area contributed by atoms with Gasteiger partial charge in [0.1, 0.15) is 5.82 Å². The molecule has 4 N–H and O–H groups in total. The molecule has 1 aliphatic rings. The van der Waals surface area contributed by atoms with Gasteiger partial charge in [-0.1, -0.05) is 0 Å². The summed E-state index contributed by atoms with van der Waals surface area (Å²) in [6.07, 6.45) is 0.296. The second-order valence-electron chi connectivity index (χ2n) is 4.93. The van der Waals surface area contributed by atoms with E-state index in [1.165, 1.54) is 6.07 Å². The molecule has 0 radical (unpaired) electrons. The van der Waals surface area contributed by atoms with E-state index in [1.807, 2.05) is 0 Å². The molecule has 0 aliphatic carbocycles. The van der Waals surface area contributed by atoms with Crippen molar-refractivity contribution in [2.45, 2.75) is 19.4 Å². The highest BCUT2D eigenvalue weighted by Crippen LogP contribution is 2.30. The van der Waals surface area contributed by atoms with Crippen LogP contribution >= 0.6 is 0 Å². The van der Waals surface area contributed by atoms with Crippen molar-refractivity contribution in [1.29, 1.82) is 0 Å². The Morgan fingerprint density at radius 1 is 1.58 bits per heavy atom. The Hall–Kier alpha value is -1.82. The molecule has 5 nitrogen and oxygen atoms in total. The monoisotopic (exact) mass is 268 g/mol. The minimum atomic E-state index is -1.18. The summed E-state index contributed by atoms with van der Waals surface area (Å²) in [4.78, 5) is 12.8. The molecule has 104 valence electrons. The molecular weight excluding hydrogens is 251 g/mol. The second-order valence-corrected chi connectivity index (χ2v) is 4.93. The van der Waals surface area contributed by atoms with Crippen molar-refractivity contribution in [1.82, 2.24) is 0 Å². The number of aromatic carboxylic acids is 1. The van der Waals surface area contributed by atoms with Gasteiger partial charge in [-0.3, -0.25) is 0 Å². The summed E-state index contributed by atoms with van der Waals surface area (Å²) in [5.41, 5.74) is 5.53. The van der Waals surface area contributed by atoms with Gasteiger partial charge in [-0.2, -0.15) is 0 Å². The average Bonchev–Trinajstić information content (AvgIpc) is 2.77. The first-order valence-electron chi connectivity index (χ1n) is 6.15. The normalized spacial score (nSPS) is 20.6. The summed E-state index contributed by atoms with van der Waals surface area (Å²) in [6.45, 7) is 2.81. The number of halogens is 1. The Labute approximate surface area is 110 Å². The Balaban J connectivity index is 2.30. The number of rotatable bonds is 3. The van der Waals surface area contributed by atoms with Gasteiger partial charge in [-0.05, 0) is 25.5 Å². The lowest BCUT2D eigenvalue weighted by Crippen LogP contribution is -2.25. The molecule has 0 aromatic heterocycles. The maximum Gasteiger partial charge on any atom is 0.337 e. The van der Waals surface area contributed by atoms with Crippen molar-refractivity contribution in [3.63, 3.8) is 0 Å². The number of carboxylic acid groups (broad SMARTS) is 1. The molecule has 2 atom stereocenters. The minimum absolute atomic E-state index is 0.0743. The van der Waals surface area contributed by atoms with Crippen molar-refractivity contribution < 1.29 is 19.4 Å². The molecule has 0 saturated carbocycles. The second kappa shape index (κ2) is 5.05. The van der Waals surface area contributed by atoms with Crippen LogP contribution in [0.2, 0.25) is 0 Å². The third kappa shape index (κ3) is 2.63. The van der Waals surface area contributed by atoms with Gasteiger partial charge >= 0.3 is 5.97 Å². The summed E-state index contributed by atoms with van der Waals surface area (Å²) in [5.74, 6) is -1.64. The molecule has 1 aliphatic heterocycles. The zero-order chi connectivity index (χ0) is 14.2. The van der Waals surface area contributed by atoms with Crippen molar-refractivity contribution in [3.05, 3.63) is 23.5 Å². The van der Waals surface area contributed by atoms with Crippen molar-refractivity contribution in [3.8, 4) is 0 Å². The van der Waals surface area contributed by atoms with E-state index in [-0.39, 0.29) is 22.9 Å². The molecule has 1 heterocycles. The lowest BCUT2D eigenvalue weighted by atomic mass is 10.0. The van der Waals surface area contributed by atoms with Crippen LogP contribution in [0.5, 0.6) is 0 Å². The van der Waals surface area contributed by atoms with Crippen LogP contribution in [-0.4, -0.2) is 35.4 Å². The fraction of sp³-hybridized carbons (Fsp3) is 0.462. The van der Waals surface area contributed by atoms with Gasteiger partial charge in [-0.25, -0.2) is 9.18 Å². The highest BCUT2D eigenvalue weighted by Gasteiger charge is 2.28. The fourth-order valence-electron chi connectivity index (χ4n) is 2.40. The summed E-state index contributed by atoms with van der Waals surface area (Å²) in [6, 6.07) is 2.30. The zero-order valence-electron chi connectivity index (χ0n) is 10.6. The quantitative estimate of drug-likeness (QED) is 0.720. The van der Waals surface area contributed by atoms with Gasteiger partial charge < -0.3 is 20.8 Å². The Morgan fingerprint density at radius 2 is 2.26 bits per heavy atom. The maximum absolute atomic E-state index is 13.9. The number of hydrogen-bond donors (Lipinski definition) is 3. The number of aliphatic hydroxyl groups excluding tert-OH is 1. The highest BCUT2D eigenvalue weighted by atomic mass is 19.1. The number of nitrogen functional groups attached to an aromatic ring is 1. The van der Waals surface area contributed by atoms with E-state index in [9.17, 15) is 14.3 Å². The first-order valence-corrected chi connectivity index (χ1v) is 6.15. The van der Waals surface area contributed by atoms with Crippen LogP contribution in [0, 0.1) is 11.7 Å². The Kier molecular flexibility index (Phi) is 3.61. The SMILES string of the molecule is CC(O)C1CCN(c2cc(C(=O)O)c(N)cc2F)C1. The number of hydrogen-bond acceptors (Lipinski definition) is 4. The number of aliphatic hydroxyl groups is 1. The smallest absolute Gasteiger partial charge is 0.337 e. The summed E-state index contributed by atoms with van der Waals surface area (Å²) < 4.78 is 13.9. The predicted octanol–water partition coefficient (Wildman–Crippen LogP) is 1.31. The molecule has 0 spiro atoms. The van der Waals surface area contributed by atoms with Crippen molar-refractivity contribution in [2.24, 2.45) is 5.92 Å². The molecule has 0 bridgehead atoms. The van der Waals surface area contributed by atoms with E-state index >= 15 is 0 Å². The third-order valence-corrected chi connectivity index (χ3v) is 3.60. The number of carboxylic acids is 1. The third-order valence-electron chi connectivity index (χ3n) is 3.60. The maximum atomic E-state index is 13.9. The van der Waals surface area contributed by atoms with Crippen LogP contribution in [0.4, 0.5) is 15.8 Å². The van der Waals surface area contributed by atoms with Crippen LogP contribution in [0.1, 0.15) is 23.7 Å². The van der Waals surface area contributed by atoms with Crippen molar-refractivity contribution in [2.75, 3.05) is 23.7 Å². The summed E-state index contributed by atoms with van der Waals surface area (Å²) >= 11 is 0. The highest BCUT2D eigenvalue weighted by molar-refractivity contribution is 5.95. The number of nitrogens with two attached hydrogens (primary N) is 1. The molecule has 6 heteroatoms. The van der Waals surface area contributed by atoms with E-state index in [0.29, 0.717) is 13.1 Å². The molecule has 2 unspecified atom stereocenters. The van der Waals surface area contributed by atoms with Gasteiger partial charge in [0.25, 0.3) is 0 Å². The number of benzene rings is 1. The lowest BCUT2D eigenvalue weighted by molar-refractivity contribution is 0.0698. The number of carbonyl (C=O) groups is 1. The number of anilines is 2. The predicted molar refractivity (Wildman–Crippen MR) is 69.8 cm³/mol. The Bertz CT molecular complexity index is 505. The van der Waals surface area contributed by atoms with Gasteiger partial charge in [0.15, 0.2) is 0 Å². The van der Waals surface area contributed by atoms with Gasteiger partial charge in [0.05, 0.1) is 17.4 Å². The standard InChI is InChI=1S/C13H17FN2O3/c1-7(17)8-2-3-16(6-8)12-4-9(13(18)19)11(15)5-10(12)14/h4-5,7-8,17H,2-3,6,15H2,1H3,(H,18,19). The molecule has 1 aromatic rings. The first kappa shape index (κ1) is 13.6. The van der Waals surface area contributed by atoms with Crippen LogP contribution in [0.3, 0.4) is 0 Å². The van der Waals surface area contributed by atoms with Gasteiger partial charge in [-0.15, -0.1) is 0 Å². The molecular formula is C13H17FN2O3. The minimum Gasteiger partial charge on any atom is -0.478 e. The van der Waals surface area contributed by atoms with Crippen molar-refractivity contribution >= 4 is 17.3 Å². The van der Waals surface area contributed by atoms with E-state index in [2.05, 4.69) is 0 Å². The molecule has 1 fully saturated rings. The first-order chi connectivity index (χ1) is 8.90. The molecule has 1 aromatic carbocycles. The summed E-state index contributed by atoms with van der Waals surface area (Å²) in [7, 11) is 0. The Morgan fingerprint density at radius 3 is 2.79 bits per heavy atom. The van der Waals surface area contributed by atoms with E-state index in [1.54, 1.807) is 11.8 Å². The fourth-order valence-corrected chi connectivity index (χ4v) is 2.40. The van der Waals surface area contributed by atoms with Crippen LogP contribution in [0.15, 0.2) is 12.1 Å². The molecule has 19 heavy (non-hydrogen) atoms. The topological polar surface area (TPSA) is 86.8 Å². The largest absolute Gasteiger partial charge is 0.478 e. The van der Waals surface area contributed by atoms with Crippen LogP contribution < -0.4 is 10.6 Å². The van der Waals surface area contributed by atoms with Crippen LogP contribution in [-0.2, 0) is 0 Å². The van der Waals surface area contributed by atoms with Gasteiger partial charge in [0, 0.05) is 24.7 Å². The lowest BCUT2D eigenvalue weighted by Gasteiger charge is -2.21. The van der Waals surface area contributed by atoms with Crippen LogP contribution in [0.25, 0.3) is 0 Å². The van der Waals surface area contributed by atoms with E-state index in [4.69, 9.17) is 10.8 Å². The van der Waals surface area contributed by atoms with Gasteiger partial charge in [0.2, 0.25) is 0 Å². The number of nitrogens with zero attached hydrogens (tertiary/aromatic N) is 1. The molecule has 1 saturated heterocycles. The van der Waals surface area contributed by atoms with E-state index in [0.717, 1.165) is 12.5 Å². The molecule has 2 rings (SSSR count). The average molecular weight is 268 g/mol.